The molecule has 162 valence electrons. The van der Waals surface area contributed by atoms with Crippen LogP contribution in [0.15, 0.2) is 36.4 Å². The van der Waals surface area contributed by atoms with Crippen LogP contribution in [0, 0.1) is 20.8 Å². The molecule has 0 aliphatic carbocycles. The van der Waals surface area contributed by atoms with Crippen molar-refractivity contribution in [3.05, 3.63) is 58.7 Å². The number of hydrogen-bond donors (Lipinski definition) is 1. The van der Waals surface area contributed by atoms with Gasteiger partial charge in [-0.2, -0.15) is 0 Å². The van der Waals surface area contributed by atoms with Gasteiger partial charge in [-0.15, -0.1) is 0 Å². The highest BCUT2D eigenvalue weighted by Gasteiger charge is 2.35. The van der Waals surface area contributed by atoms with Crippen molar-refractivity contribution in [3.8, 4) is 5.75 Å². The van der Waals surface area contributed by atoms with Crippen molar-refractivity contribution in [2.45, 2.75) is 52.7 Å². The van der Waals surface area contributed by atoms with Gasteiger partial charge in [0.2, 0.25) is 15.9 Å². The number of nitrogens with one attached hydrogen (secondary N) is 1. The van der Waals surface area contributed by atoms with Gasteiger partial charge in [-0.05, 0) is 52.3 Å². The maximum absolute atomic E-state index is 13.0. The second-order valence-electron chi connectivity index (χ2n) is 8.79. The molecule has 0 radical (unpaired) electrons. The van der Waals surface area contributed by atoms with Crippen molar-refractivity contribution in [2.75, 3.05) is 17.1 Å². The molecule has 30 heavy (non-hydrogen) atoms. The van der Waals surface area contributed by atoms with E-state index in [0.29, 0.717) is 12.1 Å². The van der Waals surface area contributed by atoms with Crippen molar-refractivity contribution in [3.63, 3.8) is 0 Å². The summed E-state index contributed by atoms with van der Waals surface area (Å²) in [7, 11) is -3.63. The minimum absolute atomic E-state index is 0.253. The summed E-state index contributed by atoms with van der Waals surface area (Å²) in [6.45, 7) is 9.46. The quantitative estimate of drug-likeness (QED) is 0.783. The van der Waals surface area contributed by atoms with Gasteiger partial charge in [0.05, 0.1) is 18.0 Å². The number of nitrogens with zero attached hydrogens (tertiary/aromatic N) is 1. The van der Waals surface area contributed by atoms with Crippen LogP contribution >= 0.6 is 0 Å². The molecule has 0 spiro atoms. The van der Waals surface area contributed by atoms with E-state index in [9.17, 15) is 13.2 Å². The highest BCUT2D eigenvalue weighted by molar-refractivity contribution is 7.92. The van der Waals surface area contributed by atoms with Gasteiger partial charge in [0, 0.05) is 12.0 Å². The smallest absolute Gasteiger partial charge is 0.241 e. The highest BCUT2D eigenvalue weighted by atomic mass is 32.2. The van der Waals surface area contributed by atoms with Gasteiger partial charge in [-0.3, -0.25) is 9.10 Å². The average molecular weight is 431 g/mol. The zero-order chi connectivity index (χ0) is 22.3. The molecule has 3 rings (SSSR count). The van der Waals surface area contributed by atoms with Crippen molar-refractivity contribution in [1.82, 2.24) is 5.32 Å². The van der Waals surface area contributed by atoms with Crippen LogP contribution in [-0.4, -0.2) is 32.7 Å². The highest BCUT2D eigenvalue weighted by Crippen LogP contribution is 2.39. The van der Waals surface area contributed by atoms with Gasteiger partial charge in [-0.25, -0.2) is 8.42 Å². The van der Waals surface area contributed by atoms with Gasteiger partial charge < -0.3 is 10.1 Å². The summed E-state index contributed by atoms with van der Waals surface area (Å²) in [5.41, 5.74) is 3.91. The molecule has 0 saturated carbocycles. The minimum atomic E-state index is -3.63. The lowest BCUT2D eigenvalue weighted by molar-refractivity contribution is -0.120. The molecular formula is C23H30N2O4S. The fourth-order valence-electron chi connectivity index (χ4n) is 3.94. The lowest BCUT2D eigenvalue weighted by Gasteiger charge is -2.38. The Morgan fingerprint density at radius 2 is 1.77 bits per heavy atom. The Morgan fingerprint density at radius 3 is 2.40 bits per heavy atom. The molecule has 0 fully saturated rings. The van der Waals surface area contributed by atoms with E-state index in [0.717, 1.165) is 34.3 Å². The summed E-state index contributed by atoms with van der Waals surface area (Å²) in [4.78, 5) is 13.0. The van der Waals surface area contributed by atoms with E-state index in [1.807, 2.05) is 65.0 Å². The Morgan fingerprint density at radius 1 is 1.13 bits per heavy atom. The Hall–Kier alpha value is -2.54. The molecule has 1 heterocycles. The molecule has 2 aromatic rings. The number of aryl methyl sites for hydroxylation is 3. The fraction of sp³-hybridized carbons (Fsp3) is 0.435. The molecule has 1 aliphatic rings. The molecule has 0 bridgehead atoms. The van der Waals surface area contributed by atoms with E-state index in [2.05, 4.69) is 5.32 Å². The SMILES string of the molecule is Cc1ccc(N(CC(=O)N[C@@H]2CC(C)(C)Oc3ccc(C)cc32)S(C)(=O)=O)c(C)c1. The lowest BCUT2D eigenvalue weighted by atomic mass is 9.89. The first kappa shape index (κ1) is 22.2. The number of carbonyl (C=O) groups is 1. The third-order valence-corrected chi connectivity index (χ3v) is 6.39. The van der Waals surface area contributed by atoms with Gasteiger partial charge in [0.1, 0.15) is 17.9 Å². The van der Waals surface area contributed by atoms with E-state index in [1.165, 1.54) is 4.31 Å². The van der Waals surface area contributed by atoms with E-state index in [1.54, 1.807) is 6.07 Å². The summed E-state index contributed by atoms with van der Waals surface area (Å²) in [6.07, 6.45) is 1.72. The lowest BCUT2D eigenvalue weighted by Crippen LogP contribution is -2.45. The third kappa shape index (κ3) is 4.95. The van der Waals surface area contributed by atoms with Crippen molar-refractivity contribution in [2.24, 2.45) is 0 Å². The number of fused-ring (bicyclic) bond motifs is 1. The maximum Gasteiger partial charge on any atom is 0.241 e. The van der Waals surface area contributed by atoms with Crippen LogP contribution in [0.5, 0.6) is 5.75 Å². The third-order valence-electron chi connectivity index (χ3n) is 5.27. The van der Waals surface area contributed by atoms with Crippen LogP contribution in [0.25, 0.3) is 0 Å². The number of benzene rings is 2. The van der Waals surface area contributed by atoms with Crippen molar-refractivity contribution in [1.29, 1.82) is 0 Å². The number of carbonyl (C=O) groups excluding carboxylic acids is 1. The zero-order valence-electron chi connectivity index (χ0n) is 18.4. The zero-order valence-corrected chi connectivity index (χ0v) is 19.3. The molecule has 1 aliphatic heterocycles. The van der Waals surface area contributed by atoms with Crippen LogP contribution in [0.4, 0.5) is 5.69 Å². The minimum Gasteiger partial charge on any atom is -0.487 e. The summed E-state index contributed by atoms with van der Waals surface area (Å²) in [5.74, 6) is 0.395. The van der Waals surface area contributed by atoms with E-state index >= 15 is 0 Å². The van der Waals surface area contributed by atoms with Crippen molar-refractivity contribution >= 4 is 21.6 Å². The Kier molecular flexibility index (Phi) is 5.87. The molecule has 0 saturated heterocycles. The first-order valence-electron chi connectivity index (χ1n) is 10.00. The number of ether oxygens (including phenoxy) is 1. The van der Waals surface area contributed by atoms with E-state index < -0.39 is 15.6 Å². The molecule has 0 unspecified atom stereocenters. The second-order valence-corrected chi connectivity index (χ2v) is 10.7. The predicted octanol–water partition coefficient (Wildman–Crippen LogP) is 3.80. The summed E-state index contributed by atoms with van der Waals surface area (Å²) >= 11 is 0. The summed E-state index contributed by atoms with van der Waals surface area (Å²) in [5, 5.41) is 3.04. The Labute approximate surface area is 179 Å². The molecule has 1 amide bonds. The molecule has 0 aromatic heterocycles. The standard InChI is InChI=1S/C23H30N2O4S/c1-15-7-9-20(17(3)11-15)25(30(6,27)28)14-22(26)24-19-13-23(4,5)29-21-10-8-16(2)12-18(19)21/h7-12,19H,13-14H2,1-6H3,(H,24,26)/t19-/m1/s1. The van der Waals surface area contributed by atoms with E-state index in [-0.39, 0.29) is 18.5 Å². The number of hydrogen-bond acceptors (Lipinski definition) is 4. The molecule has 6 nitrogen and oxygen atoms in total. The molecule has 1 N–H and O–H groups in total. The maximum atomic E-state index is 13.0. The average Bonchev–Trinajstić information content (AvgIpc) is 2.59. The number of anilines is 1. The normalized spacial score (nSPS) is 17.6. The van der Waals surface area contributed by atoms with Crippen LogP contribution < -0.4 is 14.4 Å². The topological polar surface area (TPSA) is 75.7 Å². The summed E-state index contributed by atoms with van der Waals surface area (Å²) < 4.78 is 32.2. The van der Waals surface area contributed by atoms with Gasteiger partial charge in [-0.1, -0.05) is 35.4 Å². The number of rotatable bonds is 5. The van der Waals surface area contributed by atoms with Gasteiger partial charge in [0.25, 0.3) is 0 Å². The van der Waals surface area contributed by atoms with Crippen molar-refractivity contribution < 1.29 is 17.9 Å². The number of sulfonamides is 1. The first-order chi connectivity index (χ1) is 13.9. The van der Waals surface area contributed by atoms with Crippen LogP contribution in [0.3, 0.4) is 0 Å². The molecule has 1 atom stereocenters. The molecule has 2 aromatic carbocycles. The first-order valence-corrected chi connectivity index (χ1v) is 11.8. The molecular weight excluding hydrogens is 400 g/mol. The van der Waals surface area contributed by atoms with Crippen LogP contribution in [0.1, 0.15) is 48.6 Å². The van der Waals surface area contributed by atoms with Gasteiger partial charge in [0.15, 0.2) is 0 Å². The van der Waals surface area contributed by atoms with Crippen LogP contribution in [0.2, 0.25) is 0 Å². The predicted molar refractivity (Wildman–Crippen MR) is 119 cm³/mol. The largest absolute Gasteiger partial charge is 0.487 e. The Bertz CT molecular complexity index is 1080. The monoisotopic (exact) mass is 430 g/mol. The second kappa shape index (κ2) is 7.95. The van der Waals surface area contributed by atoms with Gasteiger partial charge >= 0.3 is 0 Å². The summed E-state index contributed by atoms with van der Waals surface area (Å²) in [6, 6.07) is 11.2. The fourth-order valence-corrected chi connectivity index (χ4v) is 4.85. The van der Waals surface area contributed by atoms with E-state index in [4.69, 9.17) is 4.74 Å². The molecule has 7 heteroatoms. The number of amides is 1. The van der Waals surface area contributed by atoms with Crippen LogP contribution in [-0.2, 0) is 14.8 Å². The Balaban J connectivity index is 1.87.